The van der Waals surface area contributed by atoms with Crippen molar-refractivity contribution >= 4 is 16.9 Å². The van der Waals surface area contributed by atoms with Gasteiger partial charge >= 0.3 is 0 Å². The zero-order valence-corrected chi connectivity index (χ0v) is 11.3. The van der Waals surface area contributed by atoms with Crippen molar-refractivity contribution in [3.05, 3.63) is 36.1 Å². The average Bonchev–Trinajstić information content (AvgIpc) is 2.78. The molecule has 0 spiro atoms. The van der Waals surface area contributed by atoms with Crippen LogP contribution in [-0.4, -0.2) is 18.5 Å². The molecule has 1 heterocycles. The van der Waals surface area contributed by atoms with Crippen LogP contribution in [0.2, 0.25) is 0 Å². The summed E-state index contributed by atoms with van der Waals surface area (Å²) < 4.78 is 5.49. The van der Waals surface area contributed by atoms with Gasteiger partial charge in [-0.05, 0) is 24.5 Å². The third kappa shape index (κ3) is 3.58. The second kappa shape index (κ2) is 5.89. The summed E-state index contributed by atoms with van der Waals surface area (Å²) in [6, 6.07) is 9.29. The number of furan rings is 1. The number of para-hydroxylation sites is 1. The summed E-state index contributed by atoms with van der Waals surface area (Å²) in [4.78, 5) is 11.9. The lowest BCUT2D eigenvalue weighted by Crippen LogP contribution is -2.37. The molecular formula is C15H20N2O2. The Hall–Kier alpha value is -1.81. The average molecular weight is 260 g/mol. The van der Waals surface area contributed by atoms with Gasteiger partial charge in [-0.1, -0.05) is 32.0 Å². The van der Waals surface area contributed by atoms with E-state index in [1.807, 2.05) is 24.3 Å². The van der Waals surface area contributed by atoms with Crippen molar-refractivity contribution < 1.29 is 9.21 Å². The Bertz CT molecular complexity index is 527. The highest BCUT2D eigenvalue weighted by atomic mass is 16.3. The summed E-state index contributed by atoms with van der Waals surface area (Å²) >= 11 is 0. The summed E-state index contributed by atoms with van der Waals surface area (Å²) in [5, 5.41) is 3.74. The van der Waals surface area contributed by atoms with Gasteiger partial charge in [0.25, 0.3) is 5.91 Å². The highest BCUT2D eigenvalue weighted by Gasteiger charge is 2.13. The molecule has 1 amide bonds. The molecule has 3 N–H and O–H groups in total. The van der Waals surface area contributed by atoms with E-state index in [2.05, 4.69) is 19.2 Å². The summed E-state index contributed by atoms with van der Waals surface area (Å²) in [6.07, 6.45) is 0.889. The van der Waals surface area contributed by atoms with Gasteiger partial charge in [-0.25, -0.2) is 0 Å². The number of benzene rings is 1. The van der Waals surface area contributed by atoms with E-state index in [1.165, 1.54) is 0 Å². The van der Waals surface area contributed by atoms with Crippen LogP contribution in [0.3, 0.4) is 0 Å². The largest absolute Gasteiger partial charge is 0.451 e. The Kier molecular flexibility index (Phi) is 4.22. The molecule has 4 heteroatoms. The maximum atomic E-state index is 11.9. The molecule has 4 nitrogen and oxygen atoms in total. The molecule has 0 aliphatic rings. The minimum Gasteiger partial charge on any atom is -0.451 e. The normalized spacial score (nSPS) is 12.8. The molecule has 2 rings (SSSR count). The molecule has 1 unspecified atom stereocenters. The quantitative estimate of drug-likeness (QED) is 0.868. The molecule has 0 aliphatic carbocycles. The van der Waals surface area contributed by atoms with Gasteiger partial charge < -0.3 is 15.5 Å². The topological polar surface area (TPSA) is 68.3 Å². The highest BCUT2D eigenvalue weighted by molar-refractivity contribution is 5.96. The van der Waals surface area contributed by atoms with Crippen molar-refractivity contribution in [3.63, 3.8) is 0 Å². The summed E-state index contributed by atoms with van der Waals surface area (Å²) in [5.74, 6) is 0.645. The van der Waals surface area contributed by atoms with Crippen LogP contribution in [0.4, 0.5) is 0 Å². The molecule has 2 aromatic rings. The smallest absolute Gasteiger partial charge is 0.287 e. The maximum Gasteiger partial charge on any atom is 0.287 e. The Balaban J connectivity index is 1.96. The number of hydrogen-bond donors (Lipinski definition) is 2. The number of hydrogen-bond acceptors (Lipinski definition) is 3. The fourth-order valence-electron chi connectivity index (χ4n) is 2.09. The van der Waals surface area contributed by atoms with E-state index in [4.69, 9.17) is 10.2 Å². The van der Waals surface area contributed by atoms with Gasteiger partial charge in [0.1, 0.15) is 5.58 Å². The SMILES string of the molecule is CC(C)CC(N)CNC(=O)c1cc2ccccc2o1. The summed E-state index contributed by atoms with van der Waals surface area (Å²) in [7, 11) is 0. The van der Waals surface area contributed by atoms with Gasteiger partial charge in [0.05, 0.1) is 0 Å². The van der Waals surface area contributed by atoms with E-state index < -0.39 is 0 Å². The first-order valence-electron chi connectivity index (χ1n) is 6.58. The highest BCUT2D eigenvalue weighted by Crippen LogP contribution is 2.18. The van der Waals surface area contributed by atoms with Gasteiger partial charge in [-0.15, -0.1) is 0 Å². The lowest BCUT2D eigenvalue weighted by atomic mass is 10.0. The van der Waals surface area contributed by atoms with E-state index in [9.17, 15) is 4.79 Å². The third-order valence-corrected chi connectivity index (χ3v) is 2.95. The van der Waals surface area contributed by atoms with Gasteiger partial charge in [0.2, 0.25) is 0 Å². The lowest BCUT2D eigenvalue weighted by molar-refractivity contribution is 0.0924. The van der Waals surface area contributed by atoms with E-state index >= 15 is 0 Å². The minimum atomic E-state index is -0.213. The first kappa shape index (κ1) is 13.6. The molecule has 0 aliphatic heterocycles. The molecule has 0 saturated carbocycles. The number of carbonyl (C=O) groups is 1. The molecule has 1 aromatic heterocycles. The molecule has 0 radical (unpaired) electrons. The Morgan fingerprint density at radius 3 is 2.79 bits per heavy atom. The van der Waals surface area contributed by atoms with Crippen molar-refractivity contribution in [1.82, 2.24) is 5.32 Å². The Morgan fingerprint density at radius 1 is 1.37 bits per heavy atom. The van der Waals surface area contributed by atoms with Crippen molar-refractivity contribution in [2.24, 2.45) is 11.7 Å². The molecule has 1 atom stereocenters. The first-order chi connectivity index (χ1) is 9.06. The standard InChI is InChI=1S/C15H20N2O2/c1-10(2)7-12(16)9-17-15(18)14-8-11-5-3-4-6-13(11)19-14/h3-6,8,10,12H,7,9,16H2,1-2H3,(H,17,18). The predicted molar refractivity (Wildman–Crippen MR) is 76.0 cm³/mol. The monoisotopic (exact) mass is 260 g/mol. The number of rotatable bonds is 5. The van der Waals surface area contributed by atoms with Crippen molar-refractivity contribution in [2.45, 2.75) is 26.3 Å². The molecule has 102 valence electrons. The van der Waals surface area contributed by atoms with E-state index in [0.717, 1.165) is 17.4 Å². The number of fused-ring (bicyclic) bond motifs is 1. The molecule has 1 aromatic carbocycles. The van der Waals surface area contributed by atoms with Crippen LogP contribution in [0, 0.1) is 5.92 Å². The van der Waals surface area contributed by atoms with Crippen LogP contribution < -0.4 is 11.1 Å². The Labute approximate surface area is 113 Å². The van der Waals surface area contributed by atoms with Crippen LogP contribution >= 0.6 is 0 Å². The molecule has 0 bridgehead atoms. The summed E-state index contributed by atoms with van der Waals surface area (Å²) in [5.41, 5.74) is 6.65. The predicted octanol–water partition coefficient (Wildman–Crippen LogP) is 2.54. The first-order valence-corrected chi connectivity index (χ1v) is 6.58. The Morgan fingerprint density at radius 2 is 2.11 bits per heavy atom. The number of nitrogens with two attached hydrogens (primary N) is 1. The minimum absolute atomic E-state index is 0.0201. The second-order valence-electron chi connectivity index (χ2n) is 5.25. The fraction of sp³-hybridized carbons (Fsp3) is 0.400. The number of nitrogens with one attached hydrogen (secondary N) is 1. The zero-order valence-electron chi connectivity index (χ0n) is 11.3. The number of carbonyl (C=O) groups excluding carboxylic acids is 1. The van der Waals surface area contributed by atoms with Gasteiger partial charge in [0.15, 0.2) is 5.76 Å². The van der Waals surface area contributed by atoms with Gasteiger partial charge in [-0.2, -0.15) is 0 Å². The van der Waals surface area contributed by atoms with Crippen LogP contribution in [-0.2, 0) is 0 Å². The van der Waals surface area contributed by atoms with E-state index in [-0.39, 0.29) is 11.9 Å². The third-order valence-electron chi connectivity index (χ3n) is 2.95. The van der Waals surface area contributed by atoms with E-state index in [0.29, 0.717) is 18.2 Å². The zero-order chi connectivity index (χ0) is 13.8. The molecule has 0 saturated heterocycles. The summed E-state index contributed by atoms with van der Waals surface area (Å²) in [6.45, 7) is 4.69. The van der Waals surface area contributed by atoms with Crippen LogP contribution in [0.15, 0.2) is 34.7 Å². The molecular weight excluding hydrogens is 240 g/mol. The lowest BCUT2D eigenvalue weighted by Gasteiger charge is -2.14. The molecule has 19 heavy (non-hydrogen) atoms. The van der Waals surface area contributed by atoms with Crippen molar-refractivity contribution in [1.29, 1.82) is 0 Å². The van der Waals surface area contributed by atoms with Crippen LogP contribution in [0.1, 0.15) is 30.8 Å². The fourth-order valence-corrected chi connectivity index (χ4v) is 2.09. The van der Waals surface area contributed by atoms with Gasteiger partial charge in [-0.3, -0.25) is 4.79 Å². The maximum absolute atomic E-state index is 11.9. The van der Waals surface area contributed by atoms with Crippen LogP contribution in [0.25, 0.3) is 11.0 Å². The van der Waals surface area contributed by atoms with Crippen molar-refractivity contribution in [3.8, 4) is 0 Å². The molecule has 0 fully saturated rings. The van der Waals surface area contributed by atoms with Crippen molar-refractivity contribution in [2.75, 3.05) is 6.54 Å². The second-order valence-corrected chi connectivity index (χ2v) is 5.25. The van der Waals surface area contributed by atoms with Gasteiger partial charge in [0, 0.05) is 18.0 Å². The van der Waals surface area contributed by atoms with Crippen LogP contribution in [0.5, 0.6) is 0 Å². The van der Waals surface area contributed by atoms with E-state index in [1.54, 1.807) is 6.07 Å². The number of amides is 1.